The molecular formula is C16H19N3OS. The Kier molecular flexibility index (Phi) is 4.25. The van der Waals surface area contributed by atoms with E-state index in [1.165, 1.54) is 20.6 Å². The summed E-state index contributed by atoms with van der Waals surface area (Å²) in [7, 11) is 8.24. The second-order valence-electron chi connectivity index (χ2n) is 5.31. The van der Waals surface area contributed by atoms with Crippen LogP contribution in [-0.2, 0) is 0 Å². The third-order valence-electron chi connectivity index (χ3n) is 3.38. The molecule has 0 bridgehead atoms. The highest BCUT2D eigenvalue weighted by Gasteiger charge is 2.09. The largest absolute Gasteiger partial charge is 0.870 e. The van der Waals surface area contributed by atoms with Crippen LogP contribution in [0.3, 0.4) is 0 Å². The number of hydrogen-bond acceptors (Lipinski definition) is 4. The van der Waals surface area contributed by atoms with Crippen molar-refractivity contribution in [2.24, 2.45) is 0 Å². The predicted octanol–water partition coefficient (Wildman–Crippen LogP) is 2.32. The lowest BCUT2D eigenvalue weighted by Crippen LogP contribution is -2.21. The summed E-state index contributed by atoms with van der Waals surface area (Å²) >= 11 is 1.80. The molecule has 3 rings (SSSR count). The molecule has 0 saturated heterocycles. The van der Waals surface area contributed by atoms with Crippen molar-refractivity contribution in [3.05, 3.63) is 41.8 Å². The first-order valence-electron chi connectivity index (χ1n) is 6.57. The van der Waals surface area contributed by atoms with Gasteiger partial charge in [0.25, 0.3) is 0 Å². The van der Waals surface area contributed by atoms with Crippen LogP contribution in [0.4, 0.5) is 5.69 Å². The van der Waals surface area contributed by atoms with Crippen molar-refractivity contribution in [2.75, 3.05) is 33.1 Å². The molecule has 5 heteroatoms. The standard InChI is InChI=1S/C16H18N3S.H2O/c1-18(2)11-5-7-13-15(9-11)20-16-10-12(19(3)4)6-8-14(16)17-13;/h5-10H,1-4H3;1H2/q+1;/p-1. The van der Waals surface area contributed by atoms with Gasteiger partial charge in [0.1, 0.15) is 14.1 Å². The van der Waals surface area contributed by atoms with Gasteiger partial charge < -0.3 is 10.4 Å². The van der Waals surface area contributed by atoms with E-state index in [0.29, 0.717) is 0 Å². The lowest BCUT2D eigenvalue weighted by Gasteiger charge is -2.13. The molecule has 0 atom stereocenters. The number of hydrogen-bond donors (Lipinski definition) is 0. The molecule has 0 fully saturated rings. The number of nitrogens with zero attached hydrogens (tertiary/aromatic N) is 3. The first-order chi connectivity index (χ1) is 9.54. The minimum Gasteiger partial charge on any atom is -0.870 e. The van der Waals surface area contributed by atoms with Crippen molar-refractivity contribution in [3.8, 4) is 10.6 Å². The molecule has 1 N–H and O–H groups in total. The highest BCUT2D eigenvalue weighted by molar-refractivity contribution is 7.21. The number of rotatable bonds is 1. The van der Waals surface area contributed by atoms with E-state index in [1.54, 1.807) is 11.3 Å². The van der Waals surface area contributed by atoms with E-state index in [1.807, 2.05) is 0 Å². The molecule has 4 nitrogen and oxygen atoms in total. The Labute approximate surface area is 128 Å². The SMILES string of the molecule is CN(C)c1ccc2nc3ccc(=[N+](C)C)cc-3sc2c1.[OH-]. The van der Waals surface area contributed by atoms with Crippen LogP contribution < -0.4 is 14.8 Å². The molecule has 1 aromatic carbocycles. The fourth-order valence-electron chi connectivity index (χ4n) is 2.16. The summed E-state index contributed by atoms with van der Waals surface area (Å²) in [6, 6.07) is 12.8. The van der Waals surface area contributed by atoms with E-state index in [4.69, 9.17) is 4.98 Å². The van der Waals surface area contributed by atoms with E-state index in [2.05, 4.69) is 74.1 Å². The molecule has 1 aliphatic carbocycles. The first kappa shape index (κ1) is 15.4. The van der Waals surface area contributed by atoms with E-state index >= 15 is 0 Å². The van der Waals surface area contributed by atoms with Gasteiger partial charge in [0.2, 0.25) is 5.36 Å². The molecule has 110 valence electrons. The molecule has 0 unspecified atom stereocenters. The Morgan fingerprint density at radius 1 is 1.05 bits per heavy atom. The lowest BCUT2D eigenvalue weighted by atomic mass is 10.2. The van der Waals surface area contributed by atoms with E-state index in [-0.39, 0.29) is 5.48 Å². The molecule has 2 aliphatic rings. The van der Waals surface area contributed by atoms with Gasteiger partial charge in [-0.3, -0.25) is 0 Å². The summed E-state index contributed by atoms with van der Waals surface area (Å²) in [5, 5.41) is 1.21. The van der Waals surface area contributed by atoms with Crippen molar-refractivity contribution in [2.45, 2.75) is 0 Å². The van der Waals surface area contributed by atoms with Crippen LogP contribution in [0.1, 0.15) is 0 Å². The van der Waals surface area contributed by atoms with Gasteiger partial charge in [-0.1, -0.05) is 0 Å². The average molecular weight is 301 g/mol. The molecule has 1 heterocycles. The zero-order valence-electron chi connectivity index (χ0n) is 12.7. The van der Waals surface area contributed by atoms with Gasteiger partial charge in [0.15, 0.2) is 0 Å². The minimum atomic E-state index is 0. The van der Waals surface area contributed by atoms with E-state index in [0.717, 1.165) is 11.2 Å². The van der Waals surface area contributed by atoms with Gasteiger partial charge in [0.05, 0.1) is 20.8 Å². The summed E-state index contributed by atoms with van der Waals surface area (Å²) in [5.41, 5.74) is 3.33. The quantitative estimate of drug-likeness (QED) is 0.512. The maximum Gasteiger partial charge on any atom is 0.201 e. The smallest absolute Gasteiger partial charge is 0.201 e. The fraction of sp³-hybridized carbons (Fsp3) is 0.250. The zero-order chi connectivity index (χ0) is 14.3. The van der Waals surface area contributed by atoms with Crippen LogP contribution in [-0.4, -0.2) is 38.7 Å². The monoisotopic (exact) mass is 301 g/mol. The number of benzene rings is 2. The molecule has 0 saturated carbocycles. The summed E-state index contributed by atoms with van der Waals surface area (Å²) in [4.78, 5) is 8.09. The van der Waals surface area contributed by atoms with Crippen LogP contribution in [0.5, 0.6) is 0 Å². The van der Waals surface area contributed by atoms with Gasteiger partial charge in [0, 0.05) is 31.9 Å². The first-order valence-corrected chi connectivity index (χ1v) is 7.38. The summed E-state index contributed by atoms with van der Waals surface area (Å²) in [6.45, 7) is 0. The van der Waals surface area contributed by atoms with Crippen LogP contribution in [0.2, 0.25) is 0 Å². The van der Waals surface area contributed by atoms with Gasteiger partial charge in [-0.05, 0) is 24.3 Å². The summed E-state index contributed by atoms with van der Waals surface area (Å²) < 4.78 is 3.34. The van der Waals surface area contributed by atoms with Crippen molar-refractivity contribution >= 4 is 27.2 Å². The highest BCUT2D eigenvalue weighted by atomic mass is 32.1. The Hall–Kier alpha value is -1.98. The highest BCUT2D eigenvalue weighted by Crippen LogP contribution is 2.31. The molecule has 0 amide bonds. The molecule has 0 aromatic heterocycles. The van der Waals surface area contributed by atoms with E-state index < -0.39 is 0 Å². The topological polar surface area (TPSA) is 49.1 Å². The molecule has 1 aliphatic heterocycles. The van der Waals surface area contributed by atoms with Crippen LogP contribution in [0, 0.1) is 0 Å². The van der Waals surface area contributed by atoms with Gasteiger partial charge >= 0.3 is 0 Å². The second-order valence-corrected chi connectivity index (χ2v) is 6.39. The maximum atomic E-state index is 4.75. The Balaban J connectivity index is 0.00000161. The van der Waals surface area contributed by atoms with Crippen molar-refractivity contribution < 1.29 is 5.48 Å². The molecule has 0 radical (unpaired) electrons. The Morgan fingerprint density at radius 2 is 1.81 bits per heavy atom. The van der Waals surface area contributed by atoms with Crippen molar-refractivity contribution in [1.29, 1.82) is 0 Å². The van der Waals surface area contributed by atoms with E-state index in [9.17, 15) is 0 Å². The van der Waals surface area contributed by atoms with Gasteiger partial charge in [-0.15, -0.1) is 11.3 Å². The molecule has 0 spiro atoms. The number of aromatic nitrogens is 1. The van der Waals surface area contributed by atoms with Crippen LogP contribution >= 0.6 is 11.3 Å². The lowest BCUT2D eigenvalue weighted by molar-refractivity contribution is 0.814. The maximum absolute atomic E-state index is 4.75. The van der Waals surface area contributed by atoms with Gasteiger partial charge in [-0.2, -0.15) is 0 Å². The number of fused-ring (bicyclic) bond motifs is 2. The second kappa shape index (κ2) is 5.79. The zero-order valence-corrected chi connectivity index (χ0v) is 13.5. The molecule has 1 aromatic rings. The molecular weight excluding hydrogens is 282 g/mol. The normalized spacial score (nSPS) is 10.5. The van der Waals surface area contributed by atoms with Crippen LogP contribution in [0.25, 0.3) is 20.8 Å². The summed E-state index contributed by atoms with van der Waals surface area (Å²) in [6.07, 6.45) is 0. The van der Waals surface area contributed by atoms with Crippen molar-refractivity contribution in [1.82, 2.24) is 9.56 Å². The van der Waals surface area contributed by atoms with Crippen molar-refractivity contribution in [3.63, 3.8) is 0 Å². The summed E-state index contributed by atoms with van der Waals surface area (Å²) in [5.74, 6) is 0. The molecule has 21 heavy (non-hydrogen) atoms. The third kappa shape index (κ3) is 2.89. The predicted molar refractivity (Wildman–Crippen MR) is 89.6 cm³/mol. The van der Waals surface area contributed by atoms with Gasteiger partial charge in [-0.25, -0.2) is 9.56 Å². The Bertz CT molecular complexity index is 819. The fourth-order valence-corrected chi connectivity index (χ4v) is 3.19. The van der Waals surface area contributed by atoms with Crippen LogP contribution in [0.15, 0.2) is 36.4 Å². The number of anilines is 1. The average Bonchev–Trinajstić information content (AvgIpc) is 2.43. The Morgan fingerprint density at radius 3 is 2.48 bits per heavy atom. The third-order valence-corrected chi connectivity index (χ3v) is 4.47. The minimum absolute atomic E-state index is 0.